The van der Waals surface area contributed by atoms with Crippen molar-refractivity contribution in [3.8, 4) is 5.75 Å². The van der Waals surface area contributed by atoms with Crippen LogP contribution in [0.3, 0.4) is 0 Å². The highest BCUT2D eigenvalue weighted by molar-refractivity contribution is 8.00. The molecule has 1 N–H and O–H groups in total. The maximum absolute atomic E-state index is 13.0. The molecule has 4 aromatic rings. The summed E-state index contributed by atoms with van der Waals surface area (Å²) in [5.74, 6) is 0.696. The summed E-state index contributed by atoms with van der Waals surface area (Å²) in [5, 5.41) is 3.72. The van der Waals surface area contributed by atoms with E-state index in [1.165, 1.54) is 17.5 Å². The molecule has 184 valence electrons. The number of halogens is 1. The van der Waals surface area contributed by atoms with Gasteiger partial charge in [-0.2, -0.15) is 0 Å². The Kier molecular flexibility index (Phi) is 8.93. The standard InChI is InChI=1S/C30H29ClN2O2S/c1-22-14-16-27(17-15-22)36-33(29-13-7-12-28(31)23(29)2)20-30(34)32-19-25-10-6-11-26(18-25)35-21-24-8-4-3-5-9-24/h3-18H,19-21H2,1-2H3,(H,32,34). The van der Waals surface area contributed by atoms with E-state index in [1.54, 1.807) is 0 Å². The van der Waals surface area contributed by atoms with E-state index in [1.807, 2.05) is 84.0 Å². The monoisotopic (exact) mass is 516 g/mol. The van der Waals surface area contributed by atoms with E-state index in [4.69, 9.17) is 16.3 Å². The first-order chi connectivity index (χ1) is 17.5. The van der Waals surface area contributed by atoms with E-state index >= 15 is 0 Å². The lowest BCUT2D eigenvalue weighted by Crippen LogP contribution is -2.34. The van der Waals surface area contributed by atoms with Gasteiger partial charge in [0.2, 0.25) is 5.91 Å². The van der Waals surface area contributed by atoms with Gasteiger partial charge in [-0.3, -0.25) is 4.79 Å². The summed E-state index contributed by atoms with van der Waals surface area (Å²) in [6, 6.07) is 31.9. The van der Waals surface area contributed by atoms with Crippen LogP contribution in [-0.4, -0.2) is 12.5 Å². The molecular formula is C30H29ClN2O2S. The molecule has 36 heavy (non-hydrogen) atoms. The fourth-order valence-electron chi connectivity index (χ4n) is 3.63. The minimum Gasteiger partial charge on any atom is -0.489 e. The Morgan fingerprint density at radius 3 is 2.39 bits per heavy atom. The molecule has 0 atom stereocenters. The molecule has 0 saturated heterocycles. The lowest BCUT2D eigenvalue weighted by atomic mass is 10.2. The number of carbonyl (C=O) groups excluding carboxylic acids is 1. The third-order valence-corrected chi connectivity index (χ3v) is 7.11. The highest BCUT2D eigenvalue weighted by Gasteiger charge is 2.17. The van der Waals surface area contributed by atoms with Crippen molar-refractivity contribution in [1.82, 2.24) is 5.32 Å². The number of hydrogen-bond donors (Lipinski definition) is 1. The van der Waals surface area contributed by atoms with Crippen LogP contribution in [0.15, 0.2) is 102 Å². The van der Waals surface area contributed by atoms with Crippen molar-refractivity contribution < 1.29 is 9.53 Å². The van der Waals surface area contributed by atoms with Gasteiger partial charge in [0.25, 0.3) is 0 Å². The molecule has 6 heteroatoms. The lowest BCUT2D eigenvalue weighted by Gasteiger charge is -2.25. The van der Waals surface area contributed by atoms with Crippen LogP contribution in [0.5, 0.6) is 5.75 Å². The second-order valence-electron chi connectivity index (χ2n) is 8.52. The van der Waals surface area contributed by atoms with Crippen LogP contribution in [0.25, 0.3) is 0 Å². The summed E-state index contributed by atoms with van der Waals surface area (Å²) in [7, 11) is 0. The summed E-state index contributed by atoms with van der Waals surface area (Å²) in [5.41, 5.74) is 5.14. The van der Waals surface area contributed by atoms with Gasteiger partial charge in [0.1, 0.15) is 18.9 Å². The first-order valence-electron chi connectivity index (χ1n) is 11.8. The van der Waals surface area contributed by atoms with Gasteiger partial charge in [0.05, 0.1) is 5.69 Å². The van der Waals surface area contributed by atoms with Crippen LogP contribution >= 0.6 is 23.5 Å². The molecule has 4 aromatic carbocycles. The molecule has 4 nitrogen and oxygen atoms in total. The molecule has 0 aliphatic carbocycles. The van der Waals surface area contributed by atoms with Gasteiger partial charge in [-0.15, -0.1) is 0 Å². The maximum Gasteiger partial charge on any atom is 0.240 e. The zero-order valence-electron chi connectivity index (χ0n) is 20.4. The highest BCUT2D eigenvalue weighted by atomic mass is 35.5. The molecule has 1 amide bonds. The van der Waals surface area contributed by atoms with Gasteiger partial charge in [-0.25, -0.2) is 0 Å². The first kappa shape index (κ1) is 25.7. The van der Waals surface area contributed by atoms with Crippen molar-refractivity contribution >= 4 is 35.1 Å². The van der Waals surface area contributed by atoms with Gasteiger partial charge in [-0.05, 0) is 78.9 Å². The third-order valence-electron chi connectivity index (χ3n) is 5.67. The number of aryl methyl sites for hydroxylation is 1. The number of anilines is 1. The van der Waals surface area contributed by atoms with Crippen LogP contribution in [0, 0.1) is 13.8 Å². The van der Waals surface area contributed by atoms with Crippen molar-refractivity contribution in [3.63, 3.8) is 0 Å². The highest BCUT2D eigenvalue weighted by Crippen LogP contribution is 2.34. The second-order valence-corrected chi connectivity index (χ2v) is 10.0. The van der Waals surface area contributed by atoms with Gasteiger partial charge in [0.15, 0.2) is 0 Å². The number of nitrogens with zero attached hydrogens (tertiary/aromatic N) is 1. The third kappa shape index (κ3) is 7.30. The van der Waals surface area contributed by atoms with Gasteiger partial charge in [0, 0.05) is 16.5 Å². The van der Waals surface area contributed by atoms with E-state index in [2.05, 4.69) is 36.5 Å². The topological polar surface area (TPSA) is 41.6 Å². The summed E-state index contributed by atoms with van der Waals surface area (Å²) in [6.07, 6.45) is 0. The number of benzene rings is 4. The Balaban J connectivity index is 1.40. The van der Waals surface area contributed by atoms with Crippen molar-refractivity contribution in [2.24, 2.45) is 0 Å². The average molecular weight is 517 g/mol. The fourth-order valence-corrected chi connectivity index (χ4v) is 4.79. The molecule has 0 spiro atoms. The molecule has 0 aromatic heterocycles. The van der Waals surface area contributed by atoms with E-state index in [-0.39, 0.29) is 12.5 Å². The molecule has 0 aliphatic rings. The molecule has 0 unspecified atom stereocenters. The summed E-state index contributed by atoms with van der Waals surface area (Å²) in [4.78, 5) is 14.1. The van der Waals surface area contributed by atoms with E-state index in [9.17, 15) is 4.79 Å². The predicted molar refractivity (Wildman–Crippen MR) is 150 cm³/mol. The second kappa shape index (κ2) is 12.5. The quantitative estimate of drug-likeness (QED) is 0.223. The summed E-state index contributed by atoms with van der Waals surface area (Å²) in [6.45, 7) is 5.13. The van der Waals surface area contributed by atoms with E-state index in [0.717, 1.165) is 33.0 Å². The zero-order chi connectivity index (χ0) is 25.3. The molecule has 0 heterocycles. The molecule has 0 saturated carbocycles. The zero-order valence-corrected chi connectivity index (χ0v) is 22.0. The van der Waals surface area contributed by atoms with E-state index in [0.29, 0.717) is 18.2 Å². The maximum atomic E-state index is 13.0. The van der Waals surface area contributed by atoms with Crippen molar-refractivity contribution in [1.29, 1.82) is 0 Å². The molecule has 0 bridgehead atoms. The Hall–Kier alpha value is -3.41. The van der Waals surface area contributed by atoms with Crippen molar-refractivity contribution in [2.75, 3.05) is 10.8 Å². The van der Waals surface area contributed by atoms with Crippen molar-refractivity contribution in [2.45, 2.75) is 31.9 Å². The number of hydrogen-bond acceptors (Lipinski definition) is 4. The summed E-state index contributed by atoms with van der Waals surface area (Å²) < 4.78 is 7.91. The van der Waals surface area contributed by atoms with E-state index < -0.39 is 0 Å². The predicted octanol–water partition coefficient (Wildman–Crippen LogP) is 7.37. The number of rotatable bonds is 10. The van der Waals surface area contributed by atoms with Gasteiger partial charge < -0.3 is 14.4 Å². The normalized spacial score (nSPS) is 10.6. The van der Waals surface area contributed by atoms with Crippen LogP contribution < -0.4 is 14.4 Å². The largest absolute Gasteiger partial charge is 0.489 e. The lowest BCUT2D eigenvalue weighted by molar-refractivity contribution is -0.119. The fraction of sp³-hybridized carbons (Fsp3) is 0.167. The van der Waals surface area contributed by atoms with Gasteiger partial charge in [-0.1, -0.05) is 77.8 Å². The molecule has 4 rings (SSSR count). The Labute approximate surface area is 222 Å². The Bertz CT molecular complexity index is 1300. The van der Waals surface area contributed by atoms with Crippen LogP contribution in [0.2, 0.25) is 5.02 Å². The van der Waals surface area contributed by atoms with Crippen LogP contribution in [0.4, 0.5) is 5.69 Å². The molecular weight excluding hydrogens is 488 g/mol. The summed E-state index contributed by atoms with van der Waals surface area (Å²) >= 11 is 7.91. The van der Waals surface area contributed by atoms with Crippen LogP contribution in [-0.2, 0) is 17.9 Å². The first-order valence-corrected chi connectivity index (χ1v) is 12.9. The number of amides is 1. The SMILES string of the molecule is Cc1ccc(SN(CC(=O)NCc2cccc(OCc3ccccc3)c2)c2cccc(Cl)c2C)cc1. The minimum absolute atomic E-state index is 0.0791. The molecule has 0 aliphatic heterocycles. The smallest absolute Gasteiger partial charge is 0.240 e. The molecule has 0 fully saturated rings. The van der Waals surface area contributed by atoms with Gasteiger partial charge >= 0.3 is 0 Å². The number of ether oxygens (including phenoxy) is 1. The average Bonchev–Trinajstić information content (AvgIpc) is 2.90. The van der Waals surface area contributed by atoms with Crippen LogP contribution in [0.1, 0.15) is 22.3 Å². The van der Waals surface area contributed by atoms with Crippen molar-refractivity contribution in [3.05, 3.63) is 124 Å². The minimum atomic E-state index is -0.0791. The molecule has 0 radical (unpaired) electrons. The number of carbonyl (C=O) groups is 1. The Morgan fingerprint density at radius 2 is 1.61 bits per heavy atom. The Morgan fingerprint density at radius 1 is 0.889 bits per heavy atom. The number of nitrogens with one attached hydrogen (secondary N) is 1.